The van der Waals surface area contributed by atoms with Gasteiger partial charge in [0.15, 0.2) is 6.10 Å². The molecule has 1 atom stereocenters. The van der Waals surface area contributed by atoms with Gasteiger partial charge in [0.1, 0.15) is 0 Å². The zero-order valence-electron chi connectivity index (χ0n) is 14.9. The Hall–Kier alpha value is -3.61. The second kappa shape index (κ2) is 7.74. The number of rotatable bonds is 5. The topological polar surface area (TPSA) is 104 Å². The molecule has 0 aliphatic heterocycles. The van der Waals surface area contributed by atoms with Gasteiger partial charge in [-0.1, -0.05) is 29.8 Å². The van der Waals surface area contributed by atoms with Crippen molar-refractivity contribution in [2.75, 3.05) is 5.32 Å². The van der Waals surface area contributed by atoms with Gasteiger partial charge in [0.2, 0.25) is 0 Å². The fourth-order valence-electron chi connectivity index (χ4n) is 2.56. The lowest BCUT2D eigenvalue weighted by molar-refractivity contribution is -0.148. The molecule has 27 heavy (non-hydrogen) atoms. The molecule has 0 aliphatic carbocycles. The number of esters is 1. The maximum absolute atomic E-state index is 12.2. The summed E-state index contributed by atoms with van der Waals surface area (Å²) < 4.78 is 5.13. The first kappa shape index (κ1) is 18.2. The molecule has 0 saturated carbocycles. The average molecular weight is 365 g/mol. The predicted molar refractivity (Wildman–Crippen MR) is 103 cm³/mol. The molecule has 138 valence electrons. The van der Waals surface area contributed by atoms with Gasteiger partial charge in [0, 0.05) is 11.8 Å². The summed E-state index contributed by atoms with van der Waals surface area (Å²) in [6, 6.07) is 12.6. The number of aromatic nitrogens is 2. The summed E-state index contributed by atoms with van der Waals surface area (Å²) in [7, 11) is 0. The Bertz CT molecular complexity index is 1080. The minimum absolute atomic E-state index is 0.323. The minimum Gasteiger partial charge on any atom is -0.449 e. The molecule has 1 heterocycles. The van der Waals surface area contributed by atoms with E-state index in [9.17, 15) is 14.4 Å². The SMILES string of the molecule is Cc1cccc(/C=C/C(=O)O[C@H](C)C(=O)Nc2ccc3[nH]c(=O)[nH]c3c2)c1. The summed E-state index contributed by atoms with van der Waals surface area (Å²) in [5, 5.41) is 2.65. The van der Waals surface area contributed by atoms with Gasteiger partial charge in [-0.3, -0.25) is 4.79 Å². The van der Waals surface area contributed by atoms with Gasteiger partial charge in [-0.2, -0.15) is 0 Å². The number of ether oxygens (including phenoxy) is 1. The van der Waals surface area contributed by atoms with Crippen molar-refractivity contribution in [1.29, 1.82) is 0 Å². The highest BCUT2D eigenvalue weighted by atomic mass is 16.5. The van der Waals surface area contributed by atoms with Gasteiger partial charge in [-0.25, -0.2) is 9.59 Å². The molecule has 1 aromatic heterocycles. The molecule has 0 aliphatic rings. The molecule has 7 nitrogen and oxygen atoms in total. The zero-order valence-corrected chi connectivity index (χ0v) is 14.9. The lowest BCUT2D eigenvalue weighted by Crippen LogP contribution is -2.29. The first-order chi connectivity index (χ1) is 12.9. The number of hydrogen-bond acceptors (Lipinski definition) is 4. The first-order valence-electron chi connectivity index (χ1n) is 8.39. The molecule has 0 saturated heterocycles. The van der Waals surface area contributed by atoms with Crippen LogP contribution in [0.4, 0.5) is 5.69 Å². The van der Waals surface area contributed by atoms with Gasteiger partial charge >= 0.3 is 11.7 Å². The standard InChI is InChI=1S/C20H19N3O4/c1-12-4-3-5-14(10-12)6-9-18(24)27-13(2)19(25)21-15-7-8-16-17(11-15)23-20(26)22-16/h3-11,13H,1-2H3,(H,21,25)(H2,22,23,26)/b9-6+/t13-/m1/s1. The number of benzene rings is 2. The quantitative estimate of drug-likeness (QED) is 0.478. The van der Waals surface area contributed by atoms with Crippen molar-refractivity contribution >= 4 is 34.7 Å². The molecule has 0 radical (unpaired) electrons. The van der Waals surface area contributed by atoms with E-state index < -0.39 is 18.0 Å². The Morgan fingerprint density at radius 3 is 2.67 bits per heavy atom. The number of anilines is 1. The number of nitrogens with one attached hydrogen (secondary N) is 3. The lowest BCUT2D eigenvalue weighted by Gasteiger charge is -2.12. The largest absolute Gasteiger partial charge is 0.449 e. The lowest BCUT2D eigenvalue weighted by atomic mass is 10.1. The van der Waals surface area contributed by atoms with Crippen molar-refractivity contribution in [1.82, 2.24) is 9.97 Å². The normalized spacial score (nSPS) is 12.2. The van der Waals surface area contributed by atoms with Gasteiger partial charge in [-0.15, -0.1) is 0 Å². The van der Waals surface area contributed by atoms with E-state index in [2.05, 4.69) is 15.3 Å². The predicted octanol–water partition coefficient (Wildman–Crippen LogP) is 2.75. The van der Waals surface area contributed by atoms with Crippen LogP contribution in [0.3, 0.4) is 0 Å². The van der Waals surface area contributed by atoms with E-state index >= 15 is 0 Å². The molecule has 0 bridgehead atoms. The number of fused-ring (bicyclic) bond motifs is 1. The van der Waals surface area contributed by atoms with Crippen LogP contribution in [0.15, 0.2) is 53.3 Å². The molecular formula is C20H19N3O4. The van der Waals surface area contributed by atoms with E-state index in [4.69, 9.17) is 4.74 Å². The molecule has 1 amide bonds. The maximum atomic E-state index is 12.2. The number of carbonyl (C=O) groups is 2. The fraction of sp³-hybridized carbons (Fsp3) is 0.150. The highest BCUT2D eigenvalue weighted by Gasteiger charge is 2.17. The summed E-state index contributed by atoms with van der Waals surface area (Å²) in [5.41, 5.74) is 3.33. The van der Waals surface area contributed by atoms with E-state index in [1.54, 1.807) is 24.3 Å². The maximum Gasteiger partial charge on any atom is 0.331 e. The Balaban J connectivity index is 1.59. The van der Waals surface area contributed by atoms with Crippen molar-refractivity contribution in [2.45, 2.75) is 20.0 Å². The van der Waals surface area contributed by atoms with Crippen LogP contribution in [-0.2, 0) is 14.3 Å². The second-order valence-corrected chi connectivity index (χ2v) is 6.16. The van der Waals surface area contributed by atoms with E-state index in [0.717, 1.165) is 11.1 Å². The van der Waals surface area contributed by atoms with Crippen molar-refractivity contribution in [3.8, 4) is 0 Å². The molecule has 7 heteroatoms. The van der Waals surface area contributed by atoms with Crippen molar-refractivity contribution in [3.05, 3.63) is 70.2 Å². The molecule has 3 rings (SSSR count). The zero-order chi connectivity index (χ0) is 19.4. The van der Waals surface area contributed by atoms with Crippen molar-refractivity contribution in [3.63, 3.8) is 0 Å². The van der Waals surface area contributed by atoms with Crippen molar-refractivity contribution < 1.29 is 14.3 Å². The molecule has 0 fully saturated rings. The van der Waals surface area contributed by atoms with Gasteiger partial charge in [0.05, 0.1) is 11.0 Å². The van der Waals surface area contributed by atoms with Crippen LogP contribution < -0.4 is 11.0 Å². The Morgan fingerprint density at radius 1 is 1.11 bits per heavy atom. The summed E-state index contributed by atoms with van der Waals surface area (Å²) in [6.07, 6.45) is 1.95. The van der Waals surface area contributed by atoms with E-state index in [1.807, 2.05) is 31.2 Å². The van der Waals surface area contributed by atoms with Gasteiger partial charge in [0.25, 0.3) is 5.91 Å². The molecule has 2 aromatic carbocycles. The van der Waals surface area contributed by atoms with Crippen LogP contribution in [0.1, 0.15) is 18.1 Å². The molecular weight excluding hydrogens is 346 g/mol. The third-order valence-corrected chi connectivity index (χ3v) is 3.90. The number of aryl methyl sites for hydroxylation is 1. The second-order valence-electron chi connectivity index (χ2n) is 6.16. The molecule has 3 N–H and O–H groups in total. The summed E-state index contributed by atoms with van der Waals surface area (Å²) >= 11 is 0. The minimum atomic E-state index is -0.972. The number of amides is 1. The van der Waals surface area contributed by atoms with Gasteiger partial charge < -0.3 is 20.0 Å². The molecule has 0 unspecified atom stereocenters. The van der Waals surface area contributed by atoms with Crippen LogP contribution in [0.2, 0.25) is 0 Å². The Kier molecular flexibility index (Phi) is 5.21. The number of hydrogen-bond donors (Lipinski definition) is 3. The van der Waals surface area contributed by atoms with Crippen LogP contribution in [0, 0.1) is 6.92 Å². The fourth-order valence-corrected chi connectivity index (χ4v) is 2.56. The Morgan fingerprint density at radius 2 is 1.89 bits per heavy atom. The third kappa shape index (κ3) is 4.72. The average Bonchev–Trinajstić information content (AvgIpc) is 2.99. The molecule has 0 spiro atoms. The van der Waals surface area contributed by atoms with Gasteiger partial charge in [-0.05, 0) is 43.7 Å². The van der Waals surface area contributed by atoms with E-state index in [0.29, 0.717) is 16.7 Å². The van der Waals surface area contributed by atoms with Crippen LogP contribution >= 0.6 is 0 Å². The van der Waals surface area contributed by atoms with E-state index in [-0.39, 0.29) is 5.69 Å². The highest BCUT2D eigenvalue weighted by Crippen LogP contribution is 2.15. The highest BCUT2D eigenvalue weighted by molar-refractivity contribution is 5.97. The summed E-state index contributed by atoms with van der Waals surface area (Å²) in [4.78, 5) is 40.6. The van der Waals surface area contributed by atoms with Crippen LogP contribution in [0.5, 0.6) is 0 Å². The van der Waals surface area contributed by atoms with Crippen molar-refractivity contribution in [2.24, 2.45) is 0 Å². The monoisotopic (exact) mass is 365 g/mol. The van der Waals surface area contributed by atoms with Crippen LogP contribution in [0.25, 0.3) is 17.1 Å². The number of carbonyl (C=O) groups excluding carboxylic acids is 2. The smallest absolute Gasteiger partial charge is 0.331 e. The number of aromatic amines is 2. The molecule has 3 aromatic rings. The first-order valence-corrected chi connectivity index (χ1v) is 8.39. The van der Waals surface area contributed by atoms with E-state index in [1.165, 1.54) is 13.0 Å². The third-order valence-electron chi connectivity index (χ3n) is 3.90. The van der Waals surface area contributed by atoms with Crippen LogP contribution in [-0.4, -0.2) is 27.9 Å². The summed E-state index contributed by atoms with van der Waals surface area (Å²) in [5.74, 6) is -1.07. The Labute approximate surface area is 155 Å². The number of imidazole rings is 1. The number of H-pyrrole nitrogens is 2. The summed E-state index contributed by atoms with van der Waals surface area (Å²) in [6.45, 7) is 3.45.